The number of alkyl halides is 6. The number of ether oxygens (including phenoxy) is 5. The molecular weight excluding hydrogens is 572 g/mol. The van der Waals surface area contributed by atoms with Gasteiger partial charge in [0.25, 0.3) is 0 Å². The van der Waals surface area contributed by atoms with Gasteiger partial charge < -0.3 is 23.7 Å². The van der Waals surface area contributed by atoms with Crippen LogP contribution in [0.1, 0.15) is 86.8 Å². The SMILES string of the molecule is CCCCC(OC(CCCC)c1ccc2c(c1CF)OC(Cl)(Cl)O2)c1ccc2c(c1CF)OC(Cl)(Cl)O2. The average Bonchev–Trinajstić information content (AvgIpc) is 3.35. The summed E-state index contributed by atoms with van der Waals surface area (Å²) in [7, 11) is 0. The lowest BCUT2D eigenvalue weighted by atomic mass is 9.94. The van der Waals surface area contributed by atoms with Crippen molar-refractivity contribution in [1.29, 1.82) is 0 Å². The molecule has 2 aromatic rings. The number of hydrogen-bond acceptors (Lipinski definition) is 5. The third-order valence-corrected chi connectivity index (χ3v) is 6.97. The first-order chi connectivity index (χ1) is 17.6. The minimum atomic E-state index is -1.93. The molecule has 0 saturated heterocycles. The molecule has 2 aliphatic heterocycles. The molecule has 5 nitrogen and oxygen atoms in total. The van der Waals surface area contributed by atoms with E-state index in [1.54, 1.807) is 24.3 Å². The topological polar surface area (TPSA) is 46.2 Å². The fraction of sp³-hybridized carbons (Fsp3) is 0.538. The number of fused-ring (bicyclic) bond motifs is 2. The summed E-state index contributed by atoms with van der Waals surface area (Å²) in [4.78, 5) is 0. The summed E-state index contributed by atoms with van der Waals surface area (Å²) < 4.78 is 53.3. The molecule has 0 fully saturated rings. The van der Waals surface area contributed by atoms with Crippen LogP contribution in [0.25, 0.3) is 0 Å². The number of hydrogen-bond donors (Lipinski definition) is 0. The van der Waals surface area contributed by atoms with Crippen LogP contribution in [0.4, 0.5) is 8.78 Å². The van der Waals surface area contributed by atoms with Crippen LogP contribution >= 0.6 is 46.4 Å². The molecule has 204 valence electrons. The van der Waals surface area contributed by atoms with Gasteiger partial charge in [0.15, 0.2) is 23.0 Å². The van der Waals surface area contributed by atoms with Crippen molar-refractivity contribution in [3.8, 4) is 23.0 Å². The van der Waals surface area contributed by atoms with Gasteiger partial charge in [0.2, 0.25) is 0 Å². The number of halogens is 6. The normalized spacial score (nSPS) is 18.2. The molecule has 0 spiro atoms. The van der Waals surface area contributed by atoms with Crippen molar-refractivity contribution in [2.45, 2.75) is 87.3 Å². The first kappa shape index (κ1) is 28.6. The van der Waals surface area contributed by atoms with Gasteiger partial charge in [-0.3, -0.25) is 0 Å². The smallest absolute Gasteiger partial charge is 0.419 e. The Labute approximate surface area is 235 Å². The van der Waals surface area contributed by atoms with Gasteiger partial charge in [-0.05, 0) is 82.5 Å². The first-order valence-electron chi connectivity index (χ1n) is 12.2. The highest BCUT2D eigenvalue weighted by molar-refractivity contribution is 6.47. The second-order valence-corrected chi connectivity index (χ2v) is 11.3. The van der Waals surface area contributed by atoms with Crippen LogP contribution < -0.4 is 18.9 Å². The molecule has 0 radical (unpaired) electrons. The second kappa shape index (κ2) is 11.8. The van der Waals surface area contributed by atoms with Gasteiger partial charge in [-0.2, -0.15) is 0 Å². The number of rotatable bonds is 12. The minimum Gasteiger partial charge on any atom is -0.423 e. The van der Waals surface area contributed by atoms with Crippen molar-refractivity contribution in [2.75, 3.05) is 0 Å². The summed E-state index contributed by atoms with van der Waals surface area (Å²) in [5.41, 5.74) is 1.69. The average molecular weight is 600 g/mol. The molecule has 2 heterocycles. The molecule has 0 saturated carbocycles. The van der Waals surface area contributed by atoms with Crippen molar-refractivity contribution in [3.63, 3.8) is 0 Å². The van der Waals surface area contributed by atoms with Crippen molar-refractivity contribution < 1.29 is 32.5 Å². The molecule has 0 aliphatic carbocycles. The Morgan fingerprint density at radius 2 is 1.11 bits per heavy atom. The molecular formula is C26H28Cl4F2O5. The van der Waals surface area contributed by atoms with Gasteiger partial charge >= 0.3 is 9.41 Å². The summed E-state index contributed by atoms with van der Waals surface area (Å²) in [5, 5.41) is 0. The molecule has 0 bridgehead atoms. The van der Waals surface area contributed by atoms with E-state index in [1.807, 2.05) is 0 Å². The maximum Gasteiger partial charge on any atom is 0.419 e. The zero-order valence-electron chi connectivity index (χ0n) is 20.4. The fourth-order valence-electron chi connectivity index (χ4n) is 4.61. The molecule has 0 amide bonds. The first-order valence-corrected chi connectivity index (χ1v) is 13.7. The van der Waals surface area contributed by atoms with E-state index in [9.17, 15) is 8.78 Å². The van der Waals surface area contributed by atoms with Gasteiger partial charge in [0.05, 0.1) is 12.2 Å². The Hall–Kier alpha value is -1.38. The van der Waals surface area contributed by atoms with Crippen LogP contribution in [0, 0.1) is 0 Å². The lowest BCUT2D eigenvalue weighted by Crippen LogP contribution is -2.23. The van der Waals surface area contributed by atoms with Gasteiger partial charge in [-0.1, -0.05) is 51.7 Å². The van der Waals surface area contributed by atoms with Gasteiger partial charge in [0, 0.05) is 11.1 Å². The Morgan fingerprint density at radius 1 is 0.703 bits per heavy atom. The Morgan fingerprint density at radius 3 is 1.46 bits per heavy atom. The zero-order chi connectivity index (χ0) is 26.8. The monoisotopic (exact) mass is 598 g/mol. The van der Waals surface area contributed by atoms with E-state index in [4.69, 9.17) is 70.1 Å². The van der Waals surface area contributed by atoms with E-state index >= 15 is 0 Å². The number of unbranched alkanes of at least 4 members (excludes halogenated alkanes) is 2. The molecule has 2 atom stereocenters. The summed E-state index contributed by atoms with van der Waals surface area (Å²) >= 11 is 24.0. The standard InChI is InChI=1S/C26H28Cl4F2O5/c1-3-5-7-19(15-9-11-21-23(17(15)13-31)36-25(27,28)34-21)33-20(8-6-4-2)16-10-12-22-24(18(16)14-32)37-26(29,30)35-22/h9-12,19-20H,3-8,13-14H2,1-2H3. The maximum absolute atomic E-state index is 14.4. The summed E-state index contributed by atoms with van der Waals surface area (Å²) in [6, 6.07) is 6.73. The Kier molecular flexibility index (Phi) is 9.12. The maximum atomic E-state index is 14.4. The van der Waals surface area contributed by atoms with E-state index < -0.39 is 35.0 Å². The molecule has 0 N–H and O–H groups in total. The third-order valence-electron chi connectivity index (χ3n) is 6.35. The van der Waals surface area contributed by atoms with Crippen molar-refractivity contribution in [2.24, 2.45) is 0 Å². The largest absolute Gasteiger partial charge is 0.423 e. The van der Waals surface area contributed by atoms with E-state index in [1.165, 1.54) is 0 Å². The van der Waals surface area contributed by atoms with Crippen molar-refractivity contribution in [3.05, 3.63) is 46.5 Å². The highest BCUT2D eigenvalue weighted by Gasteiger charge is 2.42. The predicted octanol–water partition coefficient (Wildman–Crippen LogP) is 9.53. The van der Waals surface area contributed by atoms with E-state index in [-0.39, 0.29) is 34.1 Å². The Bertz CT molecular complexity index is 1030. The summed E-state index contributed by atoms with van der Waals surface area (Å²) in [5.74, 6) is 0.792. The van der Waals surface area contributed by atoms with Gasteiger partial charge in [-0.25, -0.2) is 8.78 Å². The van der Waals surface area contributed by atoms with Gasteiger partial charge in [-0.15, -0.1) is 0 Å². The second-order valence-electron chi connectivity index (χ2n) is 8.92. The zero-order valence-corrected chi connectivity index (χ0v) is 23.5. The van der Waals surface area contributed by atoms with Crippen LogP contribution in [0.2, 0.25) is 0 Å². The molecule has 2 aromatic carbocycles. The molecule has 2 aliphatic rings. The van der Waals surface area contributed by atoms with Crippen molar-refractivity contribution in [1.82, 2.24) is 0 Å². The third kappa shape index (κ3) is 6.27. The molecule has 4 rings (SSSR count). The highest BCUT2D eigenvalue weighted by atomic mass is 35.5. The fourth-order valence-corrected chi connectivity index (χ4v) is 5.25. The van der Waals surface area contributed by atoms with Crippen LogP contribution in [0.5, 0.6) is 23.0 Å². The van der Waals surface area contributed by atoms with E-state index in [2.05, 4.69) is 13.8 Å². The van der Waals surface area contributed by atoms with E-state index in [0.29, 0.717) is 24.0 Å². The molecule has 2 unspecified atom stereocenters. The molecule has 0 aromatic heterocycles. The van der Waals surface area contributed by atoms with Crippen LogP contribution in [0.3, 0.4) is 0 Å². The number of benzene rings is 2. The molecule has 11 heteroatoms. The lowest BCUT2D eigenvalue weighted by Gasteiger charge is -2.28. The lowest BCUT2D eigenvalue weighted by molar-refractivity contribution is -0.0275. The summed E-state index contributed by atoms with van der Waals surface area (Å²) in [6.45, 7) is 2.43. The van der Waals surface area contributed by atoms with Crippen LogP contribution in [-0.4, -0.2) is 9.41 Å². The van der Waals surface area contributed by atoms with Crippen molar-refractivity contribution >= 4 is 46.4 Å². The predicted molar refractivity (Wildman–Crippen MR) is 140 cm³/mol. The van der Waals surface area contributed by atoms with Crippen LogP contribution in [-0.2, 0) is 18.1 Å². The van der Waals surface area contributed by atoms with E-state index in [0.717, 1.165) is 25.7 Å². The van der Waals surface area contributed by atoms with Gasteiger partial charge in [0.1, 0.15) is 13.3 Å². The minimum absolute atomic E-state index is 0.147. The quantitative estimate of drug-likeness (QED) is 0.227. The van der Waals surface area contributed by atoms with Crippen LogP contribution in [0.15, 0.2) is 24.3 Å². The highest BCUT2D eigenvalue weighted by Crippen LogP contribution is 2.51. The Balaban J connectivity index is 1.73. The molecule has 37 heavy (non-hydrogen) atoms. The summed E-state index contributed by atoms with van der Waals surface area (Å²) in [6.07, 6.45) is 3.57.